The molecule has 1 aromatic heterocycles. The maximum atomic E-state index is 13.8. The van der Waals surface area contributed by atoms with E-state index in [4.69, 9.17) is 22.2 Å². The Morgan fingerprint density at radius 3 is 2.52 bits per heavy atom. The molecule has 2 aliphatic heterocycles. The summed E-state index contributed by atoms with van der Waals surface area (Å²) in [5.41, 5.74) is -1.54. The van der Waals surface area contributed by atoms with E-state index in [0.29, 0.717) is 37.5 Å². The minimum atomic E-state index is -4.82. The first kappa shape index (κ1) is 31.7. The SMILES string of the molecule is CCc1cc(N2C(=S)N(c3cnc(C#N)c(C(F)(F)F)c3)C(=O)C23CCC3)ccc1OCCC1CCN(C(C)C(=O)O)CC1. The fourth-order valence-corrected chi connectivity index (χ4v) is 6.80. The summed E-state index contributed by atoms with van der Waals surface area (Å²) in [4.78, 5) is 33.6. The molecule has 13 heteroatoms. The van der Waals surface area contributed by atoms with Gasteiger partial charge in [-0.2, -0.15) is 18.4 Å². The summed E-state index contributed by atoms with van der Waals surface area (Å²) in [6, 6.07) is 7.33. The van der Waals surface area contributed by atoms with Crippen LogP contribution in [0.25, 0.3) is 0 Å². The number of benzene rings is 1. The predicted octanol–water partition coefficient (Wildman–Crippen LogP) is 5.55. The number of halogens is 3. The summed E-state index contributed by atoms with van der Waals surface area (Å²) in [5.74, 6) is -0.0476. The van der Waals surface area contributed by atoms with Crippen molar-refractivity contribution in [2.24, 2.45) is 5.92 Å². The molecule has 1 atom stereocenters. The van der Waals surface area contributed by atoms with Crippen LogP contribution >= 0.6 is 12.2 Å². The molecule has 3 heterocycles. The predicted molar refractivity (Wildman–Crippen MR) is 160 cm³/mol. The number of hydrogen-bond donors (Lipinski definition) is 1. The number of carbonyl (C=O) groups is 2. The maximum absolute atomic E-state index is 13.8. The first-order valence-electron chi connectivity index (χ1n) is 14.8. The molecule has 234 valence electrons. The lowest BCUT2D eigenvalue weighted by Crippen LogP contribution is -2.55. The molecular weight excluding hydrogens is 595 g/mol. The number of hydrogen-bond acceptors (Lipinski definition) is 7. The quantitative estimate of drug-likeness (QED) is 0.357. The van der Waals surface area contributed by atoms with Gasteiger partial charge >= 0.3 is 12.1 Å². The summed E-state index contributed by atoms with van der Waals surface area (Å²) < 4.78 is 47.2. The fourth-order valence-electron chi connectivity index (χ4n) is 6.33. The van der Waals surface area contributed by atoms with E-state index >= 15 is 0 Å². The Balaban J connectivity index is 1.32. The first-order chi connectivity index (χ1) is 20.9. The van der Waals surface area contributed by atoms with Gasteiger partial charge in [0, 0.05) is 5.69 Å². The Hall–Kier alpha value is -3.76. The summed E-state index contributed by atoms with van der Waals surface area (Å²) in [5, 5.41) is 18.5. The van der Waals surface area contributed by atoms with E-state index in [9.17, 15) is 27.9 Å². The summed E-state index contributed by atoms with van der Waals surface area (Å²) >= 11 is 5.73. The first-order valence-corrected chi connectivity index (χ1v) is 15.2. The average molecular weight is 630 g/mol. The number of nitriles is 1. The summed E-state index contributed by atoms with van der Waals surface area (Å²) in [7, 11) is 0. The molecule has 1 aromatic carbocycles. The molecule has 1 amide bonds. The van der Waals surface area contributed by atoms with Crippen molar-refractivity contribution in [3.8, 4) is 11.8 Å². The van der Waals surface area contributed by atoms with Gasteiger partial charge in [0.2, 0.25) is 0 Å². The molecular formula is C31H34F3N5O4S. The molecule has 5 rings (SSSR count). The zero-order valence-corrected chi connectivity index (χ0v) is 25.4. The van der Waals surface area contributed by atoms with Gasteiger partial charge < -0.3 is 14.7 Å². The average Bonchev–Trinajstić information content (AvgIpc) is 3.22. The minimum absolute atomic E-state index is 0.0635. The van der Waals surface area contributed by atoms with Crippen molar-refractivity contribution in [1.29, 1.82) is 5.26 Å². The van der Waals surface area contributed by atoms with Gasteiger partial charge in [-0.25, -0.2) is 4.98 Å². The molecule has 2 aromatic rings. The monoisotopic (exact) mass is 629 g/mol. The second-order valence-corrected chi connectivity index (χ2v) is 12.0. The molecule has 0 bridgehead atoms. The lowest BCUT2D eigenvalue weighted by Gasteiger charge is -2.43. The molecule has 1 saturated carbocycles. The molecule has 1 aliphatic carbocycles. The minimum Gasteiger partial charge on any atom is -0.493 e. The van der Waals surface area contributed by atoms with Crippen molar-refractivity contribution in [2.75, 3.05) is 29.5 Å². The number of thiocarbonyl (C=S) groups is 1. The van der Waals surface area contributed by atoms with Crippen molar-refractivity contribution < 1.29 is 32.6 Å². The van der Waals surface area contributed by atoms with E-state index in [1.54, 1.807) is 11.8 Å². The lowest BCUT2D eigenvalue weighted by atomic mass is 9.75. The number of rotatable bonds is 9. The number of carboxylic acid groups (broad SMARTS) is 1. The number of likely N-dealkylation sites (tertiary alicyclic amines) is 1. The van der Waals surface area contributed by atoms with Crippen molar-refractivity contribution in [3.05, 3.63) is 47.3 Å². The van der Waals surface area contributed by atoms with Gasteiger partial charge in [0.1, 0.15) is 23.4 Å². The van der Waals surface area contributed by atoms with Gasteiger partial charge in [0.25, 0.3) is 5.91 Å². The van der Waals surface area contributed by atoms with Gasteiger partial charge in [-0.1, -0.05) is 6.92 Å². The van der Waals surface area contributed by atoms with Crippen LogP contribution in [0.15, 0.2) is 30.5 Å². The summed E-state index contributed by atoms with van der Waals surface area (Å²) in [6.07, 6.45) is 1.36. The van der Waals surface area contributed by atoms with Gasteiger partial charge in [0.05, 0.1) is 24.1 Å². The van der Waals surface area contributed by atoms with Crippen LogP contribution in [0.5, 0.6) is 5.75 Å². The zero-order valence-electron chi connectivity index (χ0n) is 24.6. The molecule has 1 spiro atoms. The van der Waals surface area contributed by atoms with E-state index in [0.717, 1.165) is 67.2 Å². The molecule has 1 N–H and O–H groups in total. The van der Waals surface area contributed by atoms with Crippen LogP contribution in [0.3, 0.4) is 0 Å². The van der Waals surface area contributed by atoms with E-state index in [-0.39, 0.29) is 10.8 Å². The Bertz CT molecular complexity index is 1500. The number of amides is 1. The number of nitrogens with zero attached hydrogens (tertiary/aromatic N) is 5. The van der Waals surface area contributed by atoms with E-state index in [1.165, 1.54) is 6.07 Å². The molecule has 0 radical (unpaired) electrons. The zero-order chi connectivity index (χ0) is 31.8. The number of aryl methyl sites for hydroxylation is 1. The topological polar surface area (TPSA) is 110 Å². The van der Waals surface area contributed by atoms with Crippen LogP contribution in [-0.4, -0.2) is 63.3 Å². The molecule has 1 unspecified atom stereocenters. The van der Waals surface area contributed by atoms with Gasteiger partial charge in [0.15, 0.2) is 10.8 Å². The third-order valence-electron chi connectivity index (χ3n) is 9.16. The number of anilines is 2. The lowest BCUT2D eigenvalue weighted by molar-refractivity contribution is -0.143. The largest absolute Gasteiger partial charge is 0.493 e. The highest BCUT2D eigenvalue weighted by atomic mass is 32.1. The maximum Gasteiger partial charge on any atom is 0.419 e. The third-order valence-corrected chi connectivity index (χ3v) is 9.52. The molecule has 3 fully saturated rings. The number of ether oxygens (including phenoxy) is 1. The Labute approximate surface area is 259 Å². The molecule has 9 nitrogen and oxygen atoms in total. The number of aliphatic carboxylic acids is 1. The molecule has 3 aliphatic rings. The standard InChI is InChI=1S/C31H34F3N5O4S/c1-3-21-15-22(5-6-26(21)43-14-9-20-7-12-37(13-8-20)19(2)27(40)41)39-29(44)38(28(42)30(39)10-4-11-30)23-16-24(31(32,33)34)25(17-35)36-18-23/h5-6,15-16,18-20H,3-4,7-14H2,1-2H3,(H,40,41). The van der Waals surface area contributed by atoms with Crippen molar-refractivity contribution in [2.45, 2.75) is 76.6 Å². The summed E-state index contributed by atoms with van der Waals surface area (Å²) in [6.45, 7) is 5.71. The highest BCUT2D eigenvalue weighted by Gasteiger charge is 2.59. The normalized spacial score (nSPS) is 19.6. The number of piperidine rings is 1. The smallest absolute Gasteiger partial charge is 0.419 e. The van der Waals surface area contributed by atoms with E-state index in [1.807, 2.05) is 30.0 Å². The Morgan fingerprint density at radius 2 is 1.95 bits per heavy atom. The van der Waals surface area contributed by atoms with Gasteiger partial charge in [-0.3, -0.25) is 19.4 Å². The number of carbonyl (C=O) groups excluding carboxylic acids is 1. The van der Waals surface area contributed by atoms with Gasteiger partial charge in [-0.15, -0.1) is 0 Å². The second-order valence-electron chi connectivity index (χ2n) is 11.6. The van der Waals surface area contributed by atoms with Crippen molar-refractivity contribution >= 4 is 40.6 Å². The van der Waals surface area contributed by atoms with Gasteiger partial charge in [-0.05, 0) is 113 Å². The number of carboxylic acids is 1. The second kappa shape index (κ2) is 12.3. The molecule has 2 saturated heterocycles. The van der Waals surface area contributed by atoms with E-state index < -0.39 is 40.9 Å². The Kier molecular flexibility index (Phi) is 8.87. The number of aromatic nitrogens is 1. The van der Waals surface area contributed by atoms with Crippen LogP contribution < -0.4 is 14.5 Å². The Morgan fingerprint density at radius 1 is 1.25 bits per heavy atom. The third kappa shape index (κ3) is 5.73. The van der Waals surface area contributed by atoms with Crippen LogP contribution in [0.1, 0.15) is 69.2 Å². The van der Waals surface area contributed by atoms with Crippen LogP contribution in [0, 0.1) is 17.2 Å². The van der Waals surface area contributed by atoms with Crippen LogP contribution in [-0.2, 0) is 22.2 Å². The highest BCUT2D eigenvalue weighted by molar-refractivity contribution is 7.81. The van der Waals surface area contributed by atoms with E-state index in [2.05, 4.69) is 4.98 Å². The van der Waals surface area contributed by atoms with Crippen LogP contribution in [0.4, 0.5) is 24.5 Å². The fraction of sp³-hybridized carbons (Fsp3) is 0.516. The van der Waals surface area contributed by atoms with Crippen molar-refractivity contribution in [3.63, 3.8) is 0 Å². The highest BCUT2D eigenvalue weighted by Crippen LogP contribution is 2.48. The number of pyridine rings is 1. The van der Waals surface area contributed by atoms with Crippen LogP contribution in [0.2, 0.25) is 0 Å². The molecule has 44 heavy (non-hydrogen) atoms. The number of alkyl halides is 3. The van der Waals surface area contributed by atoms with Crippen molar-refractivity contribution in [1.82, 2.24) is 9.88 Å².